The second kappa shape index (κ2) is 7.85. The van der Waals surface area contributed by atoms with Crippen molar-refractivity contribution in [2.75, 3.05) is 13.2 Å². The third kappa shape index (κ3) is 4.59. The molecule has 3 atom stereocenters. The third-order valence-electron chi connectivity index (χ3n) is 3.63. The first-order chi connectivity index (χ1) is 12.1. The molecule has 0 bridgehead atoms. The number of nitrogens with zero attached hydrogens (tertiary/aromatic N) is 1. The predicted octanol–water partition coefficient (Wildman–Crippen LogP) is -1.13. The predicted molar refractivity (Wildman–Crippen MR) is 81.0 cm³/mol. The quantitative estimate of drug-likeness (QED) is 0.512. The highest BCUT2D eigenvalue weighted by Crippen LogP contribution is 2.27. The standard InChI is InChI=1S/C14H16F3N3O6/c15-14(16,17)12(24)18-3-1-2-7-5-20(13(25)19-11(7)23)10-4-8(22)9(6-21)26-10/h1-2,5,8-10,21-22H,3-4,6H2,(H,18,24)(H,19,23,25)/b2-1+/t8-,9+,10+/m0/s1. The van der Waals surface area contributed by atoms with Gasteiger partial charge in [0.1, 0.15) is 12.3 Å². The topological polar surface area (TPSA) is 134 Å². The molecule has 1 aliphatic heterocycles. The Morgan fingerprint density at radius 1 is 1.46 bits per heavy atom. The number of H-pyrrole nitrogens is 1. The normalized spacial score (nSPS) is 23.5. The van der Waals surface area contributed by atoms with E-state index in [1.165, 1.54) is 0 Å². The van der Waals surface area contributed by atoms with Crippen LogP contribution in [0.3, 0.4) is 0 Å². The van der Waals surface area contributed by atoms with Gasteiger partial charge in [-0.3, -0.25) is 19.1 Å². The molecule has 1 aromatic rings. The van der Waals surface area contributed by atoms with E-state index in [2.05, 4.69) is 0 Å². The van der Waals surface area contributed by atoms with Gasteiger partial charge in [0.2, 0.25) is 0 Å². The number of carbonyl (C=O) groups excluding carboxylic acids is 1. The number of carbonyl (C=O) groups is 1. The Bertz CT molecular complexity index is 800. The summed E-state index contributed by atoms with van der Waals surface area (Å²) in [5.74, 6) is -2.12. The summed E-state index contributed by atoms with van der Waals surface area (Å²) in [7, 11) is 0. The average Bonchev–Trinajstić information content (AvgIpc) is 2.92. The van der Waals surface area contributed by atoms with Crippen LogP contribution in [0.4, 0.5) is 13.2 Å². The van der Waals surface area contributed by atoms with Crippen LogP contribution in [0.25, 0.3) is 6.08 Å². The molecule has 0 spiro atoms. The summed E-state index contributed by atoms with van der Waals surface area (Å²) in [6, 6.07) is 0. The summed E-state index contributed by atoms with van der Waals surface area (Å²) in [4.78, 5) is 36.3. The van der Waals surface area contributed by atoms with Crippen molar-refractivity contribution in [3.8, 4) is 0 Å². The lowest BCUT2D eigenvalue weighted by Gasteiger charge is -2.14. The number of aliphatic hydroxyl groups is 2. The van der Waals surface area contributed by atoms with Gasteiger partial charge in [0.05, 0.1) is 18.3 Å². The van der Waals surface area contributed by atoms with Crippen molar-refractivity contribution in [1.29, 1.82) is 0 Å². The monoisotopic (exact) mass is 379 g/mol. The molecule has 26 heavy (non-hydrogen) atoms. The molecule has 1 fully saturated rings. The minimum Gasteiger partial charge on any atom is -0.394 e. The Balaban J connectivity index is 2.13. The molecule has 0 radical (unpaired) electrons. The number of aromatic amines is 1. The van der Waals surface area contributed by atoms with Crippen LogP contribution in [0, 0.1) is 0 Å². The summed E-state index contributed by atoms with van der Waals surface area (Å²) in [5.41, 5.74) is -1.67. The van der Waals surface area contributed by atoms with Crippen LogP contribution in [-0.2, 0) is 9.53 Å². The molecule has 1 saturated heterocycles. The van der Waals surface area contributed by atoms with Gasteiger partial charge in [-0.05, 0) is 0 Å². The second-order valence-corrected chi connectivity index (χ2v) is 5.48. The van der Waals surface area contributed by atoms with Crippen LogP contribution in [-0.4, -0.2) is 57.2 Å². The summed E-state index contributed by atoms with van der Waals surface area (Å²) in [6.07, 6.45) is -4.48. The highest BCUT2D eigenvalue weighted by molar-refractivity contribution is 5.81. The van der Waals surface area contributed by atoms with Gasteiger partial charge >= 0.3 is 17.8 Å². The van der Waals surface area contributed by atoms with Gasteiger partial charge in [-0.25, -0.2) is 4.79 Å². The number of aliphatic hydroxyl groups excluding tert-OH is 2. The van der Waals surface area contributed by atoms with Crippen molar-refractivity contribution >= 4 is 12.0 Å². The Hall–Kier alpha value is -2.44. The van der Waals surface area contributed by atoms with Crippen molar-refractivity contribution < 1.29 is 32.9 Å². The second-order valence-electron chi connectivity index (χ2n) is 5.48. The van der Waals surface area contributed by atoms with E-state index in [9.17, 15) is 32.7 Å². The van der Waals surface area contributed by atoms with Crippen molar-refractivity contribution in [1.82, 2.24) is 14.9 Å². The highest BCUT2D eigenvalue weighted by Gasteiger charge is 2.38. The Morgan fingerprint density at radius 3 is 2.73 bits per heavy atom. The van der Waals surface area contributed by atoms with E-state index in [1.807, 2.05) is 4.98 Å². The number of hydrogen-bond acceptors (Lipinski definition) is 6. The summed E-state index contributed by atoms with van der Waals surface area (Å²) < 4.78 is 42.4. The lowest BCUT2D eigenvalue weighted by molar-refractivity contribution is -0.173. The zero-order valence-corrected chi connectivity index (χ0v) is 13.2. The van der Waals surface area contributed by atoms with Crippen LogP contribution in [0.15, 0.2) is 21.9 Å². The maximum absolute atomic E-state index is 12.0. The lowest BCUT2D eigenvalue weighted by atomic mass is 10.2. The maximum Gasteiger partial charge on any atom is 0.471 e. The molecule has 144 valence electrons. The van der Waals surface area contributed by atoms with Gasteiger partial charge in [0, 0.05) is 19.2 Å². The molecule has 0 saturated carbocycles. The smallest absolute Gasteiger partial charge is 0.394 e. The lowest BCUT2D eigenvalue weighted by Crippen LogP contribution is -2.36. The molecule has 4 N–H and O–H groups in total. The number of ether oxygens (including phenoxy) is 1. The van der Waals surface area contributed by atoms with E-state index in [0.29, 0.717) is 0 Å². The molecular weight excluding hydrogens is 363 g/mol. The third-order valence-corrected chi connectivity index (χ3v) is 3.63. The van der Waals surface area contributed by atoms with Crippen LogP contribution in [0.2, 0.25) is 0 Å². The molecule has 0 unspecified atom stereocenters. The Morgan fingerprint density at radius 2 is 2.15 bits per heavy atom. The van der Waals surface area contributed by atoms with Crippen molar-refractivity contribution in [2.45, 2.75) is 31.0 Å². The van der Waals surface area contributed by atoms with E-state index in [4.69, 9.17) is 9.84 Å². The fourth-order valence-electron chi connectivity index (χ4n) is 2.32. The van der Waals surface area contributed by atoms with Crippen LogP contribution in [0.1, 0.15) is 18.2 Å². The molecule has 1 amide bonds. The Kier molecular flexibility index (Phi) is 6.00. The number of aromatic nitrogens is 2. The van der Waals surface area contributed by atoms with Crippen LogP contribution >= 0.6 is 0 Å². The average molecular weight is 379 g/mol. The Labute approximate surface area is 143 Å². The maximum atomic E-state index is 12.0. The van der Waals surface area contributed by atoms with Gasteiger partial charge in [-0.1, -0.05) is 12.2 Å². The molecule has 2 heterocycles. The van der Waals surface area contributed by atoms with Gasteiger partial charge in [-0.2, -0.15) is 13.2 Å². The summed E-state index contributed by atoms with van der Waals surface area (Å²) in [5, 5.41) is 20.4. The number of amides is 1. The zero-order chi connectivity index (χ0) is 19.5. The molecule has 12 heteroatoms. The first-order valence-electron chi connectivity index (χ1n) is 7.45. The number of hydrogen-bond donors (Lipinski definition) is 4. The minimum absolute atomic E-state index is 0.00196. The SMILES string of the molecule is O=C(NC/C=C/c1cn([C@H]2C[C@H](O)[C@@H](CO)O2)c(=O)[nH]c1=O)C(F)(F)F. The fraction of sp³-hybridized carbons (Fsp3) is 0.500. The number of halogens is 3. The van der Waals surface area contributed by atoms with E-state index in [-0.39, 0.29) is 12.0 Å². The van der Waals surface area contributed by atoms with Crippen molar-refractivity contribution in [2.24, 2.45) is 0 Å². The molecule has 0 aliphatic carbocycles. The van der Waals surface area contributed by atoms with Gasteiger partial charge < -0.3 is 20.3 Å². The van der Waals surface area contributed by atoms with Crippen LogP contribution < -0.4 is 16.6 Å². The molecule has 2 rings (SSSR count). The number of alkyl halides is 3. The largest absolute Gasteiger partial charge is 0.471 e. The van der Waals surface area contributed by atoms with E-state index >= 15 is 0 Å². The number of nitrogens with one attached hydrogen (secondary N) is 2. The van der Waals surface area contributed by atoms with Gasteiger partial charge in [0.25, 0.3) is 5.56 Å². The van der Waals surface area contributed by atoms with E-state index in [0.717, 1.165) is 22.9 Å². The van der Waals surface area contributed by atoms with E-state index in [1.54, 1.807) is 5.32 Å². The number of rotatable bonds is 5. The molecule has 1 aliphatic rings. The van der Waals surface area contributed by atoms with Gasteiger partial charge in [-0.15, -0.1) is 0 Å². The van der Waals surface area contributed by atoms with Crippen molar-refractivity contribution in [3.05, 3.63) is 38.7 Å². The summed E-state index contributed by atoms with van der Waals surface area (Å²) in [6.45, 7) is -0.941. The molecule has 1 aromatic heterocycles. The highest BCUT2D eigenvalue weighted by atomic mass is 19.4. The van der Waals surface area contributed by atoms with Gasteiger partial charge in [0.15, 0.2) is 0 Å². The fourth-order valence-corrected chi connectivity index (χ4v) is 2.32. The molecule has 0 aromatic carbocycles. The first-order valence-corrected chi connectivity index (χ1v) is 7.45. The minimum atomic E-state index is -5.01. The van der Waals surface area contributed by atoms with Crippen LogP contribution in [0.5, 0.6) is 0 Å². The first kappa shape index (κ1) is 19.9. The molecule has 9 nitrogen and oxygen atoms in total. The zero-order valence-electron chi connectivity index (χ0n) is 13.2. The summed E-state index contributed by atoms with van der Waals surface area (Å²) >= 11 is 0. The molecular formula is C14H16F3N3O6. The van der Waals surface area contributed by atoms with Crippen molar-refractivity contribution in [3.63, 3.8) is 0 Å². The van der Waals surface area contributed by atoms with E-state index < -0.39 is 54.9 Å².